The zero-order chi connectivity index (χ0) is 13.8. The van der Waals surface area contributed by atoms with Crippen molar-refractivity contribution < 1.29 is 0 Å². The van der Waals surface area contributed by atoms with Crippen LogP contribution in [-0.4, -0.2) is 6.54 Å². The summed E-state index contributed by atoms with van der Waals surface area (Å²) in [6.07, 6.45) is 0.805. The Hall–Kier alpha value is -1.02. The van der Waals surface area contributed by atoms with Crippen LogP contribution in [0.4, 0.5) is 0 Å². The SMILES string of the molecule is Cc1ccc(CC(CN)c2ccccc2Cl)c(Cl)c1. The van der Waals surface area contributed by atoms with E-state index in [0.717, 1.165) is 33.2 Å². The van der Waals surface area contributed by atoms with Crippen LogP contribution in [0.3, 0.4) is 0 Å². The highest BCUT2D eigenvalue weighted by atomic mass is 35.5. The summed E-state index contributed by atoms with van der Waals surface area (Å²) in [5.41, 5.74) is 9.26. The molecule has 2 rings (SSSR count). The molecule has 2 N–H and O–H groups in total. The summed E-state index contributed by atoms with van der Waals surface area (Å²) in [5, 5.41) is 1.56. The Morgan fingerprint density at radius 2 is 1.79 bits per heavy atom. The lowest BCUT2D eigenvalue weighted by Crippen LogP contribution is -2.15. The van der Waals surface area contributed by atoms with Crippen molar-refractivity contribution in [3.63, 3.8) is 0 Å². The van der Waals surface area contributed by atoms with Gasteiger partial charge in [0.1, 0.15) is 0 Å². The molecule has 1 atom stereocenters. The molecule has 2 aromatic carbocycles. The number of hydrogen-bond donors (Lipinski definition) is 1. The normalized spacial score (nSPS) is 12.4. The fraction of sp³-hybridized carbons (Fsp3) is 0.250. The molecule has 0 spiro atoms. The predicted molar refractivity (Wildman–Crippen MR) is 83.1 cm³/mol. The van der Waals surface area contributed by atoms with Gasteiger partial charge in [-0.2, -0.15) is 0 Å². The summed E-state index contributed by atoms with van der Waals surface area (Å²) in [5.74, 6) is 0.189. The van der Waals surface area contributed by atoms with Crippen molar-refractivity contribution in [1.82, 2.24) is 0 Å². The van der Waals surface area contributed by atoms with Gasteiger partial charge in [0.25, 0.3) is 0 Å². The zero-order valence-corrected chi connectivity index (χ0v) is 12.4. The van der Waals surface area contributed by atoms with Gasteiger partial charge in [-0.3, -0.25) is 0 Å². The first-order chi connectivity index (χ1) is 9.11. The fourth-order valence-corrected chi connectivity index (χ4v) is 2.81. The molecule has 0 aliphatic rings. The maximum atomic E-state index is 6.28. The van der Waals surface area contributed by atoms with Gasteiger partial charge in [0, 0.05) is 16.0 Å². The fourth-order valence-electron chi connectivity index (χ4n) is 2.21. The van der Waals surface area contributed by atoms with Crippen molar-refractivity contribution >= 4 is 23.2 Å². The second kappa shape index (κ2) is 6.42. The first-order valence-electron chi connectivity index (χ1n) is 6.31. The summed E-state index contributed by atoms with van der Waals surface area (Å²) < 4.78 is 0. The predicted octanol–water partition coefficient (Wildman–Crippen LogP) is 4.59. The zero-order valence-electron chi connectivity index (χ0n) is 10.9. The topological polar surface area (TPSA) is 26.0 Å². The van der Waals surface area contributed by atoms with Crippen LogP contribution in [0.2, 0.25) is 10.0 Å². The summed E-state index contributed by atoms with van der Waals surface area (Å²) in [6.45, 7) is 2.58. The van der Waals surface area contributed by atoms with Crippen molar-refractivity contribution in [2.45, 2.75) is 19.3 Å². The van der Waals surface area contributed by atoms with E-state index >= 15 is 0 Å². The molecule has 1 unspecified atom stereocenters. The molecule has 1 nitrogen and oxygen atoms in total. The third kappa shape index (κ3) is 3.50. The van der Waals surface area contributed by atoms with Gasteiger partial charge in [0.05, 0.1) is 0 Å². The molecule has 0 fully saturated rings. The average Bonchev–Trinajstić information content (AvgIpc) is 2.39. The minimum Gasteiger partial charge on any atom is -0.330 e. The second-order valence-electron chi connectivity index (χ2n) is 4.75. The third-order valence-electron chi connectivity index (χ3n) is 3.30. The van der Waals surface area contributed by atoms with Gasteiger partial charge in [-0.15, -0.1) is 0 Å². The van der Waals surface area contributed by atoms with E-state index in [9.17, 15) is 0 Å². The van der Waals surface area contributed by atoms with Gasteiger partial charge in [0.15, 0.2) is 0 Å². The molecular weight excluding hydrogens is 277 g/mol. The Balaban J connectivity index is 2.27. The Labute approximate surface area is 124 Å². The molecule has 19 heavy (non-hydrogen) atoms. The first-order valence-corrected chi connectivity index (χ1v) is 7.07. The Morgan fingerprint density at radius 1 is 1.05 bits per heavy atom. The summed E-state index contributed by atoms with van der Waals surface area (Å²) in [4.78, 5) is 0. The lowest BCUT2D eigenvalue weighted by atomic mass is 9.91. The molecule has 0 aliphatic heterocycles. The van der Waals surface area contributed by atoms with Crippen molar-refractivity contribution in [1.29, 1.82) is 0 Å². The van der Waals surface area contributed by atoms with E-state index in [4.69, 9.17) is 28.9 Å². The highest BCUT2D eigenvalue weighted by molar-refractivity contribution is 6.31. The van der Waals surface area contributed by atoms with Crippen molar-refractivity contribution in [3.05, 3.63) is 69.2 Å². The van der Waals surface area contributed by atoms with Crippen LogP contribution >= 0.6 is 23.2 Å². The van der Waals surface area contributed by atoms with E-state index in [-0.39, 0.29) is 5.92 Å². The van der Waals surface area contributed by atoms with E-state index in [1.807, 2.05) is 37.3 Å². The van der Waals surface area contributed by atoms with Crippen LogP contribution in [0.1, 0.15) is 22.6 Å². The van der Waals surface area contributed by atoms with Gasteiger partial charge in [-0.05, 0) is 48.7 Å². The van der Waals surface area contributed by atoms with E-state index < -0.39 is 0 Å². The quantitative estimate of drug-likeness (QED) is 0.877. The minimum atomic E-state index is 0.189. The lowest BCUT2D eigenvalue weighted by Gasteiger charge is -2.17. The minimum absolute atomic E-state index is 0.189. The van der Waals surface area contributed by atoms with Gasteiger partial charge < -0.3 is 5.73 Å². The van der Waals surface area contributed by atoms with E-state index in [1.165, 1.54) is 0 Å². The van der Waals surface area contributed by atoms with Gasteiger partial charge >= 0.3 is 0 Å². The number of hydrogen-bond acceptors (Lipinski definition) is 1. The molecule has 0 radical (unpaired) electrons. The Bertz CT molecular complexity index is 566. The highest BCUT2D eigenvalue weighted by Crippen LogP contribution is 2.29. The molecule has 0 saturated carbocycles. The molecule has 2 aromatic rings. The van der Waals surface area contributed by atoms with Crippen molar-refractivity contribution in [2.75, 3.05) is 6.54 Å². The van der Waals surface area contributed by atoms with Crippen LogP contribution in [0.15, 0.2) is 42.5 Å². The maximum absolute atomic E-state index is 6.28. The highest BCUT2D eigenvalue weighted by Gasteiger charge is 2.15. The van der Waals surface area contributed by atoms with Crippen molar-refractivity contribution in [2.24, 2.45) is 5.73 Å². The van der Waals surface area contributed by atoms with Crippen LogP contribution in [0, 0.1) is 6.92 Å². The summed E-state index contributed by atoms with van der Waals surface area (Å²) in [7, 11) is 0. The summed E-state index contributed by atoms with van der Waals surface area (Å²) >= 11 is 12.5. The smallest absolute Gasteiger partial charge is 0.0441 e. The monoisotopic (exact) mass is 293 g/mol. The third-order valence-corrected chi connectivity index (χ3v) is 4.00. The molecule has 0 amide bonds. The molecule has 0 heterocycles. The number of nitrogens with two attached hydrogens (primary N) is 1. The molecule has 0 bridgehead atoms. The molecule has 3 heteroatoms. The van der Waals surface area contributed by atoms with Crippen LogP contribution in [0.25, 0.3) is 0 Å². The van der Waals surface area contributed by atoms with Crippen LogP contribution in [0.5, 0.6) is 0 Å². The van der Waals surface area contributed by atoms with Crippen molar-refractivity contribution in [3.8, 4) is 0 Å². The maximum Gasteiger partial charge on any atom is 0.0441 e. The average molecular weight is 294 g/mol. The molecular formula is C16H17Cl2N. The van der Waals surface area contributed by atoms with E-state index in [0.29, 0.717) is 6.54 Å². The number of halogens is 2. The standard InChI is InChI=1S/C16H17Cl2N/c1-11-6-7-12(16(18)8-11)9-13(10-19)14-4-2-3-5-15(14)17/h2-8,13H,9-10,19H2,1H3. The Morgan fingerprint density at radius 3 is 2.42 bits per heavy atom. The van der Waals surface area contributed by atoms with Gasteiger partial charge in [-0.25, -0.2) is 0 Å². The second-order valence-corrected chi connectivity index (χ2v) is 5.57. The largest absolute Gasteiger partial charge is 0.330 e. The number of aryl methyl sites for hydroxylation is 1. The Kier molecular flexibility index (Phi) is 4.87. The molecule has 0 aromatic heterocycles. The molecule has 100 valence electrons. The first kappa shape index (κ1) is 14.4. The van der Waals surface area contributed by atoms with Gasteiger partial charge in [0.2, 0.25) is 0 Å². The van der Waals surface area contributed by atoms with E-state index in [1.54, 1.807) is 0 Å². The van der Waals surface area contributed by atoms with Gasteiger partial charge in [-0.1, -0.05) is 53.5 Å². The summed E-state index contributed by atoms with van der Waals surface area (Å²) in [6, 6.07) is 14.0. The molecule has 0 saturated heterocycles. The lowest BCUT2D eigenvalue weighted by molar-refractivity contribution is 0.694. The van der Waals surface area contributed by atoms with Crippen LogP contribution in [-0.2, 0) is 6.42 Å². The number of benzene rings is 2. The van der Waals surface area contributed by atoms with Crippen LogP contribution < -0.4 is 5.73 Å². The number of rotatable bonds is 4. The van der Waals surface area contributed by atoms with E-state index in [2.05, 4.69) is 12.1 Å². The molecule has 0 aliphatic carbocycles.